The highest BCUT2D eigenvalue weighted by Crippen LogP contribution is 2.39. The van der Waals surface area contributed by atoms with Crippen LogP contribution in [-0.2, 0) is 6.42 Å². The van der Waals surface area contributed by atoms with Gasteiger partial charge in [-0.3, -0.25) is 0 Å². The van der Waals surface area contributed by atoms with Crippen LogP contribution in [0.1, 0.15) is 44.2 Å². The largest absolute Gasteiger partial charge is 0.313 e. The van der Waals surface area contributed by atoms with Gasteiger partial charge >= 0.3 is 0 Å². The van der Waals surface area contributed by atoms with Gasteiger partial charge in [0.05, 0.1) is 0 Å². The van der Waals surface area contributed by atoms with Gasteiger partial charge in [0.15, 0.2) is 0 Å². The Morgan fingerprint density at radius 3 is 2.69 bits per heavy atom. The van der Waals surface area contributed by atoms with E-state index in [9.17, 15) is 0 Å². The Labute approximate surface area is 99.3 Å². The lowest BCUT2D eigenvalue weighted by Gasteiger charge is -2.40. The fourth-order valence-electron chi connectivity index (χ4n) is 2.85. The average Bonchev–Trinajstić information content (AvgIpc) is 2.28. The van der Waals surface area contributed by atoms with Crippen molar-refractivity contribution in [1.29, 1.82) is 0 Å². The molecule has 0 spiro atoms. The van der Waals surface area contributed by atoms with E-state index in [0.29, 0.717) is 6.04 Å². The summed E-state index contributed by atoms with van der Waals surface area (Å²) >= 11 is 0. The fraction of sp³-hybridized carbons (Fsp3) is 0.600. The minimum absolute atomic E-state index is 0.657. The first kappa shape index (κ1) is 11.7. The van der Waals surface area contributed by atoms with Gasteiger partial charge in [0.1, 0.15) is 0 Å². The summed E-state index contributed by atoms with van der Waals surface area (Å²) in [5.74, 6) is 1.50. The molecule has 1 nitrogen and oxygen atoms in total. The third-order valence-corrected chi connectivity index (χ3v) is 4.02. The number of benzene rings is 1. The molecule has 1 aliphatic rings. The van der Waals surface area contributed by atoms with Crippen molar-refractivity contribution in [2.45, 2.75) is 45.6 Å². The van der Waals surface area contributed by atoms with Gasteiger partial charge in [-0.2, -0.15) is 0 Å². The predicted octanol–water partition coefficient (Wildman–Crippen LogP) is 3.35. The fourth-order valence-corrected chi connectivity index (χ4v) is 2.85. The van der Waals surface area contributed by atoms with E-state index >= 15 is 0 Å². The van der Waals surface area contributed by atoms with Crippen molar-refractivity contribution >= 4 is 0 Å². The molecule has 1 aromatic rings. The third kappa shape index (κ3) is 2.01. The van der Waals surface area contributed by atoms with Gasteiger partial charge in [0.2, 0.25) is 0 Å². The van der Waals surface area contributed by atoms with Crippen LogP contribution in [0.15, 0.2) is 24.3 Å². The second kappa shape index (κ2) is 5.01. The molecular weight excluding hydrogens is 194 g/mol. The van der Waals surface area contributed by atoms with E-state index < -0.39 is 0 Å². The molecular formula is C15H23N. The van der Waals surface area contributed by atoms with Crippen LogP contribution in [0.5, 0.6) is 0 Å². The Morgan fingerprint density at radius 2 is 2.06 bits per heavy atom. The molecule has 0 amide bonds. The zero-order chi connectivity index (χ0) is 11.5. The first-order valence-electron chi connectivity index (χ1n) is 6.59. The Morgan fingerprint density at radius 1 is 1.31 bits per heavy atom. The van der Waals surface area contributed by atoms with Crippen molar-refractivity contribution in [3.8, 4) is 0 Å². The maximum atomic E-state index is 3.68. The van der Waals surface area contributed by atoms with Crippen LogP contribution in [0.2, 0.25) is 0 Å². The van der Waals surface area contributed by atoms with E-state index in [2.05, 4.69) is 50.4 Å². The van der Waals surface area contributed by atoms with Crippen molar-refractivity contribution in [3.05, 3.63) is 35.4 Å². The topological polar surface area (TPSA) is 12.0 Å². The molecule has 3 unspecified atom stereocenters. The molecule has 1 N–H and O–H groups in total. The van der Waals surface area contributed by atoms with Crippen LogP contribution in [0.3, 0.4) is 0 Å². The number of likely N-dealkylation sites (N-methyl/N-ethyl adjacent to an activating group) is 1. The predicted molar refractivity (Wildman–Crippen MR) is 69.8 cm³/mol. The van der Waals surface area contributed by atoms with Gasteiger partial charge in [-0.05, 0) is 30.0 Å². The Balaban J connectivity index is 2.12. The average molecular weight is 217 g/mol. The molecule has 0 saturated carbocycles. The van der Waals surface area contributed by atoms with E-state index in [1.807, 2.05) is 0 Å². The van der Waals surface area contributed by atoms with E-state index in [1.165, 1.54) is 12.8 Å². The highest BCUT2D eigenvalue weighted by Gasteiger charge is 2.34. The standard InChI is InChI=1S/C15H23N/c1-4-11(3)15(16-5-2)14-10-12-8-6-7-9-13(12)14/h6-9,11,14-16H,4-5,10H2,1-3H3. The van der Waals surface area contributed by atoms with Crippen LogP contribution >= 0.6 is 0 Å². The summed E-state index contributed by atoms with van der Waals surface area (Å²) in [5, 5.41) is 3.68. The molecule has 0 aliphatic heterocycles. The molecule has 0 radical (unpaired) electrons. The molecule has 0 fully saturated rings. The molecule has 1 heteroatoms. The molecule has 0 bridgehead atoms. The summed E-state index contributed by atoms with van der Waals surface area (Å²) < 4.78 is 0. The highest BCUT2D eigenvalue weighted by atomic mass is 14.9. The van der Waals surface area contributed by atoms with E-state index in [-0.39, 0.29) is 0 Å². The highest BCUT2D eigenvalue weighted by molar-refractivity contribution is 5.41. The lowest BCUT2D eigenvalue weighted by atomic mass is 9.70. The van der Waals surface area contributed by atoms with Crippen LogP contribution in [0.4, 0.5) is 0 Å². The van der Waals surface area contributed by atoms with Gasteiger partial charge in [-0.15, -0.1) is 0 Å². The van der Waals surface area contributed by atoms with Gasteiger partial charge < -0.3 is 5.32 Å². The first-order chi connectivity index (χ1) is 7.77. The van der Waals surface area contributed by atoms with Crippen LogP contribution in [0, 0.1) is 5.92 Å². The lowest BCUT2D eigenvalue weighted by Crippen LogP contribution is -2.44. The summed E-state index contributed by atoms with van der Waals surface area (Å²) in [6.07, 6.45) is 2.52. The minimum Gasteiger partial charge on any atom is -0.313 e. The summed E-state index contributed by atoms with van der Waals surface area (Å²) in [6, 6.07) is 9.55. The van der Waals surface area contributed by atoms with E-state index in [0.717, 1.165) is 18.4 Å². The van der Waals surface area contributed by atoms with Crippen molar-refractivity contribution in [1.82, 2.24) is 5.32 Å². The minimum atomic E-state index is 0.657. The Kier molecular flexibility index (Phi) is 3.65. The molecule has 1 aromatic carbocycles. The van der Waals surface area contributed by atoms with Crippen LogP contribution < -0.4 is 5.32 Å². The van der Waals surface area contributed by atoms with Crippen LogP contribution in [-0.4, -0.2) is 12.6 Å². The monoisotopic (exact) mass is 217 g/mol. The van der Waals surface area contributed by atoms with Crippen molar-refractivity contribution in [3.63, 3.8) is 0 Å². The third-order valence-electron chi connectivity index (χ3n) is 4.02. The summed E-state index contributed by atoms with van der Waals surface area (Å²) in [4.78, 5) is 0. The van der Waals surface area contributed by atoms with Crippen molar-refractivity contribution in [2.24, 2.45) is 5.92 Å². The molecule has 3 atom stereocenters. The Bertz CT molecular complexity index is 345. The van der Waals surface area contributed by atoms with Crippen molar-refractivity contribution in [2.75, 3.05) is 6.54 Å². The smallest absolute Gasteiger partial charge is 0.0164 e. The molecule has 0 saturated heterocycles. The summed E-state index contributed by atoms with van der Waals surface area (Å²) in [5.41, 5.74) is 3.13. The molecule has 0 aromatic heterocycles. The quantitative estimate of drug-likeness (QED) is 0.797. The van der Waals surface area contributed by atoms with Crippen LogP contribution in [0.25, 0.3) is 0 Å². The maximum absolute atomic E-state index is 3.68. The molecule has 88 valence electrons. The molecule has 16 heavy (non-hydrogen) atoms. The van der Waals surface area contributed by atoms with Gasteiger partial charge in [0, 0.05) is 12.0 Å². The Hall–Kier alpha value is -0.820. The number of rotatable bonds is 5. The summed E-state index contributed by atoms with van der Waals surface area (Å²) in [7, 11) is 0. The summed E-state index contributed by atoms with van der Waals surface area (Å²) in [6.45, 7) is 7.95. The number of nitrogens with one attached hydrogen (secondary N) is 1. The SMILES string of the molecule is CCNC(C(C)CC)C1Cc2ccccc21. The molecule has 1 aliphatic carbocycles. The van der Waals surface area contributed by atoms with E-state index in [1.54, 1.807) is 11.1 Å². The van der Waals surface area contributed by atoms with Gasteiger partial charge in [-0.1, -0.05) is 51.5 Å². The normalized spacial score (nSPS) is 22.1. The zero-order valence-corrected chi connectivity index (χ0v) is 10.7. The van der Waals surface area contributed by atoms with Gasteiger partial charge in [-0.25, -0.2) is 0 Å². The first-order valence-corrected chi connectivity index (χ1v) is 6.59. The zero-order valence-electron chi connectivity index (χ0n) is 10.7. The van der Waals surface area contributed by atoms with E-state index in [4.69, 9.17) is 0 Å². The lowest BCUT2D eigenvalue weighted by molar-refractivity contribution is 0.302. The maximum Gasteiger partial charge on any atom is 0.0164 e. The second-order valence-corrected chi connectivity index (χ2v) is 4.98. The number of fused-ring (bicyclic) bond motifs is 1. The number of hydrogen-bond acceptors (Lipinski definition) is 1. The van der Waals surface area contributed by atoms with Gasteiger partial charge in [0.25, 0.3) is 0 Å². The number of hydrogen-bond donors (Lipinski definition) is 1. The molecule has 0 heterocycles. The second-order valence-electron chi connectivity index (χ2n) is 4.98. The van der Waals surface area contributed by atoms with Crippen molar-refractivity contribution < 1.29 is 0 Å². The molecule has 2 rings (SSSR count).